The van der Waals surface area contributed by atoms with Crippen LogP contribution in [0, 0.1) is 12.7 Å². The molecule has 0 aromatic heterocycles. The van der Waals surface area contributed by atoms with Gasteiger partial charge in [0.2, 0.25) is 0 Å². The fraction of sp³-hybridized carbons (Fsp3) is 0.278. The molecule has 134 valence electrons. The summed E-state index contributed by atoms with van der Waals surface area (Å²) >= 11 is 0. The molecule has 0 saturated heterocycles. The van der Waals surface area contributed by atoms with Crippen molar-refractivity contribution in [3.63, 3.8) is 0 Å². The molecule has 0 aliphatic heterocycles. The van der Waals surface area contributed by atoms with E-state index in [0.29, 0.717) is 29.5 Å². The number of benzene rings is 2. The van der Waals surface area contributed by atoms with Gasteiger partial charge in [0.1, 0.15) is 5.82 Å². The minimum absolute atomic E-state index is 0.219. The van der Waals surface area contributed by atoms with Crippen LogP contribution in [0.15, 0.2) is 52.4 Å². The number of hydrogen-bond acceptors (Lipinski definition) is 3. The quantitative estimate of drug-likeness (QED) is 0.632. The number of sulfone groups is 1. The zero-order chi connectivity index (χ0) is 18.4. The maximum atomic E-state index is 13.3. The Kier molecular flexibility index (Phi) is 6.14. The highest BCUT2D eigenvalue weighted by molar-refractivity contribution is 7.90. The molecule has 2 rings (SSSR count). The van der Waals surface area contributed by atoms with Gasteiger partial charge in [-0.1, -0.05) is 24.3 Å². The fourth-order valence-corrected chi connectivity index (χ4v) is 2.89. The summed E-state index contributed by atoms with van der Waals surface area (Å²) in [5.41, 5.74) is 2.50. The van der Waals surface area contributed by atoms with Crippen LogP contribution in [0.2, 0.25) is 0 Å². The molecule has 0 spiro atoms. The van der Waals surface area contributed by atoms with Crippen LogP contribution in [0.3, 0.4) is 0 Å². The highest BCUT2D eigenvalue weighted by atomic mass is 32.2. The third kappa shape index (κ3) is 5.56. The van der Waals surface area contributed by atoms with Gasteiger partial charge in [0.05, 0.1) is 4.90 Å². The number of rotatable bonds is 5. The molecule has 0 radical (unpaired) electrons. The monoisotopic (exact) mass is 363 g/mol. The molecule has 5 nitrogen and oxygen atoms in total. The summed E-state index contributed by atoms with van der Waals surface area (Å²) in [7, 11) is -1.52. The molecule has 25 heavy (non-hydrogen) atoms. The van der Waals surface area contributed by atoms with Crippen molar-refractivity contribution in [2.45, 2.75) is 24.9 Å². The Balaban J connectivity index is 1.91. The summed E-state index contributed by atoms with van der Waals surface area (Å²) in [6, 6.07) is 11.7. The number of guanidine groups is 1. The van der Waals surface area contributed by atoms with Crippen LogP contribution >= 0.6 is 0 Å². The molecular formula is C18H22FN3O2S. The zero-order valence-corrected chi connectivity index (χ0v) is 15.3. The van der Waals surface area contributed by atoms with Gasteiger partial charge in [-0.2, -0.15) is 0 Å². The van der Waals surface area contributed by atoms with Crippen LogP contribution in [0.1, 0.15) is 16.7 Å². The van der Waals surface area contributed by atoms with Gasteiger partial charge >= 0.3 is 0 Å². The van der Waals surface area contributed by atoms with Gasteiger partial charge < -0.3 is 10.6 Å². The Labute approximate surface area is 147 Å². The van der Waals surface area contributed by atoms with E-state index in [-0.39, 0.29) is 5.82 Å². The maximum Gasteiger partial charge on any atom is 0.191 e. The van der Waals surface area contributed by atoms with Crippen molar-refractivity contribution < 1.29 is 12.8 Å². The lowest BCUT2D eigenvalue weighted by Crippen LogP contribution is -2.36. The number of nitrogens with zero attached hydrogens (tertiary/aromatic N) is 1. The first kappa shape index (κ1) is 18.9. The Morgan fingerprint density at radius 3 is 2.12 bits per heavy atom. The SMILES string of the molecule is CN=C(NCc1ccc(S(C)(=O)=O)cc1)NCc1ccc(F)c(C)c1. The summed E-state index contributed by atoms with van der Waals surface area (Å²) in [5.74, 6) is 0.387. The molecule has 0 atom stereocenters. The first-order valence-electron chi connectivity index (χ1n) is 7.78. The minimum Gasteiger partial charge on any atom is -0.352 e. The average molecular weight is 363 g/mol. The van der Waals surface area contributed by atoms with Crippen LogP contribution < -0.4 is 10.6 Å². The summed E-state index contributed by atoms with van der Waals surface area (Å²) < 4.78 is 36.2. The highest BCUT2D eigenvalue weighted by Gasteiger charge is 2.06. The molecule has 2 aromatic carbocycles. The fourth-order valence-electron chi connectivity index (χ4n) is 2.26. The molecule has 0 unspecified atom stereocenters. The Morgan fingerprint density at radius 2 is 1.60 bits per heavy atom. The molecule has 7 heteroatoms. The second-order valence-electron chi connectivity index (χ2n) is 5.78. The van der Waals surface area contributed by atoms with Gasteiger partial charge in [-0.15, -0.1) is 0 Å². The van der Waals surface area contributed by atoms with Gasteiger partial charge in [0.15, 0.2) is 15.8 Å². The summed E-state index contributed by atoms with van der Waals surface area (Å²) in [6.45, 7) is 2.76. The molecule has 2 N–H and O–H groups in total. The predicted molar refractivity (Wildman–Crippen MR) is 97.7 cm³/mol. The maximum absolute atomic E-state index is 13.3. The third-order valence-electron chi connectivity index (χ3n) is 3.72. The number of hydrogen-bond donors (Lipinski definition) is 2. The van der Waals surface area contributed by atoms with Crippen molar-refractivity contribution in [2.24, 2.45) is 4.99 Å². The minimum atomic E-state index is -3.18. The van der Waals surface area contributed by atoms with Crippen LogP contribution in [0.4, 0.5) is 4.39 Å². The van der Waals surface area contributed by atoms with E-state index in [4.69, 9.17) is 0 Å². The first-order valence-corrected chi connectivity index (χ1v) is 9.67. The third-order valence-corrected chi connectivity index (χ3v) is 4.85. The van der Waals surface area contributed by atoms with Crippen LogP contribution in [-0.2, 0) is 22.9 Å². The predicted octanol–water partition coefficient (Wildman–Crippen LogP) is 2.40. The van der Waals surface area contributed by atoms with Gasteiger partial charge in [-0.05, 0) is 41.8 Å². The van der Waals surface area contributed by atoms with Crippen LogP contribution in [0.25, 0.3) is 0 Å². The number of halogens is 1. The molecular weight excluding hydrogens is 341 g/mol. The van der Waals surface area contributed by atoms with E-state index in [9.17, 15) is 12.8 Å². The van der Waals surface area contributed by atoms with Gasteiger partial charge in [0, 0.05) is 26.4 Å². The standard InChI is InChI=1S/C18H22FN3O2S/c1-13-10-15(6-9-17(13)19)12-22-18(20-2)21-11-14-4-7-16(8-5-14)25(3,23)24/h4-10H,11-12H2,1-3H3,(H2,20,21,22). The largest absolute Gasteiger partial charge is 0.352 e. The molecule has 0 bridgehead atoms. The lowest BCUT2D eigenvalue weighted by molar-refractivity contribution is 0.602. The smallest absolute Gasteiger partial charge is 0.191 e. The van der Waals surface area contributed by atoms with E-state index in [1.54, 1.807) is 50.4 Å². The van der Waals surface area contributed by atoms with E-state index in [1.807, 2.05) is 0 Å². The molecule has 2 aromatic rings. The number of nitrogens with one attached hydrogen (secondary N) is 2. The Bertz CT molecular complexity index is 862. The molecule has 0 aliphatic carbocycles. The Morgan fingerprint density at radius 1 is 1.04 bits per heavy atom. The van der Waals surface area contributed by atoms with E-state index in [1.165, 1.54) is 12.3 Å². The lowest BCUT2D eigenvalue weighted by atomic mass is 10.1. The summed E-state index contributed by atoms with van der Waals surface area (Å²) in [5, 5.41) is 6.31. The lowest BCUT2D eigenvalue weighted by Gasteiger charge is -2.12. The van der Waals surface area contributed by atoms with Crippen LogP contribution in [0.5, 0.6) is 0 Å². The summed E-state index contributed by atoms with van der Waals surface area (Å²) in [6.07, 6.45) is 1.18. The van der Waals surface area contributed by atoms with Gasteiger partial charge in [-0.3, -0.25) is 4.99 Å². The van der Waals surface area contributed by atoms with Crippen molar-refractivity contribution in [2.75, 3.05) is 13.3 Å². The second-order valence-corrected chi connectivity index (χ2v) is 7.79. The molecule has 0 saturated carbocycles. The second kappa shape index (κ2) is 8.11. The van der Waals surface area contributed by atoms with Gasteiger partial charge in [-0.25, -0.2) is 12.8 Å². The van der Waals surface area contributed by atoms with Crippen molar-refractivity contribution in [1.29, 1.82) is 0 Å². The molecule has 0 heterocycles. The number of aliphatic imine (C=N–C) groups is 1. The van der Waals surface area contributed by atoms with E-state index < -0.39 is 9.84 Å². The highest BCUT2D eigenvalue weighted by Crippen LogP contribution is 2.10. The molecule has 0 aliphatic rings. The first-order chi connectivity index (χ1) is 11.8. The van der Waals surface area contributed by atoms with Crippen molar-refractivity contribution in [3.8, 4) is 0 Å². The summed E-state index contributed by atoms with van der Waals surface area (Å²) in [4.78, 5) is 4.44. The normalized spacial score (nSPS) is 12.1. The van der Waals surface area contributed by atoms with Gasteiger partial charge in [0.25, 0.3) is 0 Å². The van der Waals surface area contributed by atoms with Crippen molar-refractivity contribution in [1.82, 2.24) is 10.6 Å². The van der Waals surface area contributed by atoms with Crippen molar-refractivity contribution in [3.05, 3.63) is 65.0 Å². The molecule has 0 fully saturated rings. The van der Waals surface area contributed by atoms with E-state index >= 15 is 0 Å². The Hall–Kier alpha value is -2.41. The van der Waals surface area contributed by atoms with Crippen LogP contribution in [-0.4, -0.2) is 27.7 Å². The van der Waals surface area contributed by atoms with E-state index in [2.05, 4.69) is 15.6 Å². The molecule has 0 amide bonds. The zero-order valence-electron chi connectivity index (χ0n) is 14.5. The average Bonchev–Trinajstić information content (AvgIpc) is 2.57. The van der Waals surface area contributed by atoms with Crippen molar-refractivity contribution >= 4 is 15.8 Å². The topological polar surface area (TPSA) is 70.6 Å². The number of aryl methyl sites for hydroxylation is 1. The van der Waals surface area contributed by atoms with E-state index in [0.717, 1.165) is 11.1 Å².